The van der Waals surface area contributed by atoms with Gasteiger partial charge in [0.25, 0.3) is 0 Å². The molecule has 0 radical (unpaired) electrons. The first-order valence-electron chi connectivity index (χ1n) is 9.06. The third kappa shape index (κ3) is 4.54. The van der Waals surface area contributed by atoms with Crippen LogP contribution in [0.4, 0.5) is 5.69 Å². The summed E-state index contributed by atoms with van der Waals surface area (Å²) >= 11 is 1.38. The van der Waals surface area contributed by atoms with Crippen molar-refractivity contribution in [2.75, 3.05) is 12.4 Å². The number of carbonyl (C=O) groups is 1. The van der Waals surface area contributed by atoms with Crippen LogP contribution in [0.2, 0.25) is 0 Å². The second-order valence-corrected chi connectivity index (χ2v) is 7.79. The first-order chi connectivity index (χ1) is 13.5. The number of amides is 1. The molecule has 0 aliphatic rings. The second-order valence-electron chi connectivity index (χ2n) is 6.72. The highest BCUT2D eigenvalue weighted by molar-refractivity contribution is 8.00. The average molecular weight is 397 g/mol. The van der Waals surface area contributed by atoms with Crippen molar-refractivity contribution in [3.8, 4) is 5.75 Å². The van der Waals surface area contributed by atoms with E-state index in [4.69, 9.17) is 4.74 Å². The number of anilines is 1. The molecule has 0 fully saturated rings. The molecule has 0 spiro atoms. The standard InChI is InChI=1S/C21H24N4O2S/c1-14(2)25-13-22-24-21(25)28-19(16-8-6-5-7-9-16)20(26)23-17-12-15(3)10-11-18(17)27-4/h5-14,19H,1-4H3,(H,23,26). The van der Waals surface area contributed by atoms with E-state index in [1.165, 1.54) is 11.8 Å². The van der Waals surface area contributed by atoms with Crippen molar-refractivity contribution in [2.45, 2.75) is 37.2 Å². The van der Waals surface area contributed by atoms with E-state index in [0.717, 1.165) is 11.1 Å². The van der Waals surface area contributed by atoms with Crippen LogP contribution in [0, 0.1) is 6.92 Å². The smallest absolute Gasteiger partial charge is 0.242 e. The van der Waals surface area contributed by atoms with Crippen LogP contribution in [0.3, 0.4) is 0 Å². The number of aryl methyl sites for hydroxylation is 1. The number of hydrogen-bond donors (Lipinski definition) is 1. The summed E-state index contributed by atoms with van der Waals surface area (Å²) in [6, 6.07) is 15.6. The minimum Gasteiger partial charge on any atom is -0.495 e. The molecular formula is C21H24N4O2S. The second kappa shape index (κ2) is 8.93. The molecule has 7 heteroatoms. The molecule has 28 heavy (non-hydrogen) atoms. The van der Waals surface area contributed by atoms with Gasteiger partial charge in [-0.2, -0.15) is 0 Å². The lowest BCUT2D eigenvalue weighted by Crippen LogP contribution is -2.20. The number of thioether (sulfide) groups is 1. The lowest BCUT2D eigenvalue weighted by molar-refractivity contribution is -0.115. The zero-order valence-electron chi connectivity index (χ0n) is 16.4. The summed E-state index contributed by atoms with van der Waals surface area (Å²) < 4.78 is 7.35. The van der Waals surface area contributed by atoms with Gasteiger partial charge >= 0.3 is 0 Å². The molecule has 3 aromatic rings. The summed E-state index contributed by atoms with van der Waals surface area (Å²) in [5, 5.41) is 11.5. The average Bonchev–Trinajstić information content (AvgIpc) is 3.15. The SMILES string of the molecule is COc1ccc(C)cc1NC(=O)C(Sc1nncn1C(C)C)c1ccccc1. The van der Waals surface area contributed by atoms with Crippen molar-refractivity contribution in [1.29, 1.82) is 0 Å². The third-order valence-electron chi connectivity index (χ3n) is 4.27. The molecule has 1 unspecified atom stereocenters. The van der Waals surface area contributed by atoms with Gasteiger partial charge in [0.05, 0.1) is 12.8 Å². The number of benzene rings is 2. The van der Waals surface area contributed by atoms with Crippen LogP contribution >= 0.6 is 11.8 Å². The molecule has 1 aromatic heterocycles. The van der Waals surface area contributed by atoms with Gasteiger partial charge in [-0.05, 0) is 44.0 Å². The molecule has 1 heterocycles. The normalized spacial score (nSPS) is 12.0. The van der Waals surface area contributed by atoms with Gasteiger partial charge < -0.3 is 14.6 Å². The van der Waals surface area contributed by atoms with E-state index in [0.29, 0.717) is 16.6 Å². The molecule has 1 N–H and O–H groups in total. The Kier molecular flexibility index (Phi) is 6.36. The highest BCUT2D eigenvalue weighted by atomic mass is 32.2. The van der Waals surface area contributed by atoms with Crippen LogP contribution in [0.25, 0.3) is 0 Å². The molecule has 3 rings (SSSR count). The Hall–Kier alpha value is -2.80. The molecule has 2 aromatic carbocycles. The number of ether oxygens (including phenoxy) is 1. The zero-order chi connectivity index (χ0) is 20.1. The summed E-state index contributed by atoms with van der Waals surface area (Å²) in [5.41, 5.74) is 2.59. The maximum Gasteiger partial charge on any atom is 0.242 e. The fourth-order valence-electron chi connectivity index (χ4n) is 2.79. The van der Waals surface area contributed by atoms with E-state index in [1.807, 2.05) is 60.0 Å². The third-order valence-corrected chi connectivity index (χ3v) is 5.50. The Morgan fingerprint density at radius 2 is 1.93 bits per heavy atom. The lowest BCUT2D eigenvalue weighted by Gasteiger charge is -2.19. The van der Waals surface area contributed by atoms with Crippen molar-refractivity contribution in [2.24, 2.45) is 0 Å². The number of rotatable bonds is 7. The Balaban J connectivity index is 1.92. The number of aromatic nitrogens is 3. The number of hydrogen-bond acceptors (Lipinski definition) is 5. The van der Waals surface area contributed by atoms with Crippen LogP contribution in [0.5, 0.6) is 5.75 Å². The highest BCUT2D eigenvalue weighted by Gasteiger charge is 2.26. The van der Waals surface area contributed by atoms with Gasteiger partial charge in [-0.25, -0.2) is 0 Å². The predicted molar refractivity (Wildman–Crippen MR) is 112 cm³/mol. The fourth-order valence-corrected chi connectivity index (χ4v) is 3.94. The maximum atomic E-state index is 13.3. The van der Waals surface area contributed by atoms with Crippen molar-refractivity contribution in [3.63, 3.8) is 0 Å². The number of nitrogens with zero attached hydrogens (tertiary/aromatic N) is 3. The van der Waals surface area contributed by atoms with Gasteiger partial charge in [-0.3, -0.25) is 4.79 Å². The first kappa shape index (κ1) is 19.9. The first-order valence-corrected chi connectivity index (χ1v) is 9.94. The molecular weight excluding hydrogens is 372 g/mol. The maximum absolute atomic E-state index is 13.3. The summed E-state index contributed by atoms with van der Waals surface area (Å²) in [6.07, 6.45) is 1.69. The summed E-state index contributed by atoms with van der Waals surface area (Å²) in [6.45, 7) is 6.09. The van der Waals surface area contributed by atoms with Crippen molar-refractivity contribution >= 4 is 23.4 Å². The topological polar surface area (TPSA) is 69.0 Å². The van der Waals surface area contributed by atoms with Crippen LogP contribution in [0.15, 0.2) is 60.0 Å². The van der Waals surface area contributed by atoms with Crippen LogP contribution < -0.4 is 10.1 Å². The minimum absolute atomic E-state index is 0.140. The summed E-state index contributed by atoms with van der Waals surface area (Å²) in [4.78, 5) is 13.3. The van der Waals surface area contributed by atoms with Gasteiger partial charge in [0.15, 0.2) is 5.16 Å². The molecule has 0 saturated heterocycles. The highest BCUT2D eigenvalue weighted by Crippen LogP contribution is 2.37. The van der Waals surface area contributed by atoms with E-state index >= 15 is 0 Å². The van der Waals surface area contributed by atoms with E-state index in [9.17, 15) is 4.79 Å². The predicted octanol–water partition coefficient (Wildman–Crippen LogP) is 4.65. The van der Waals surface area contributed by atoms with Crippen LogP contribution in [-0.4, -0.2) is 27.8 Å². The Bertz CT molecular complexity index is 941. The van der Waals surface area contributed by atoms with Gasteiger partial charge in [0, 0.05) is 6.04 Å². The van der Waals surface area contributed by atoms with Crippen LogP contribution in [0.1, 0.15) is 36.3 Å². The molecule has 0 aliphatic carbocycles. The van der Waals surface area contributed by atoms with E-state index in [2.05, 4.69) is 29.4 Å². The largest absolute Gasteiger partial charge is 0.495 e. The van der Waals surface area contributed by atoms with Crippen molar-refractivity contribution < 1.29 is 9.53 Å². The summed E-state index contributed by atoms with van der Waals surface area (Å²) in [7, 11) is 1.59. The molecule has 0 aliphatic heterocycles. The Labute approximate surface area is 169 Å². The Morgan fingerprint density at radius 1 is 1.18 bits per heavy atom. The monoisotopic (exact) mass is 396 g/mol. The van der Waals surface area contributed by atoms with E-state index in [1.54, 1.807) is 13.4 Å². The van der Waals surface area contributed by atoms with E-state index in [-0.39, 0.29) is 11.9 Å². The minimum atomic E-state index is -0.479. The number of methoxy groups -OCH3 is 1. The lowest BCUT2D eigenvalue weighted by atomic mass is 10.1. The quantitative estimate of drug-likeness (QED) is 0.589. The number of nitrogens with one attached hydrogen (secondary N) is 1. The molecule has 146 valence electrons. The van der Waals surface area contributed by atoms with Crippen molar-refractivity contribution in [1.82, 2.24) is 14.8 Å². The molecule has 0 bridgehead atoms. The summed E-state index contributed by atoms with van der Waals surface area (Å²) in [5.74, 6) is 0.486. The van der Waals surface area contributed by atoms with Crippen LogP contribution in [-0.2, 0) is 4.79 Å². The van der Waals surface area contributed by atoms with E-state index < -0.39 is 5.25 Å². The molecule has 0 saturated carbocycles. The Morgan fingerprint density at radius 3 is 2.61 bits per heavy atom. The van der Waals surface area contributed by atoms with Gasteiger partial charge in [-0.15, -0.1) is 10.2 Å². The molecule has 1 amide bonds. The number of carbonyl (C=O) groups excluding carboxylic acids is 1. The van der Waals surface area contributed by atoms with Gasteiger partial charge in [-0.1, -0.05) is 48.2 Å². The molecule has 6 nitrogen and oxygen atoms in total. The van der Waals surface area contributed by atoms with Gasteiger partial charge in [0.2, 0.25) is 5.91 Å². The van der Waals surface area contributed by atoms with Crippen molar-refractivity contribution in [3.05, 3.63) is 66.0 Å². The van der Waals surface area contributed by atoms with Gasteiger partial charge in [0.1, 0.15) is 17.3 Å². The zero-order valence-corrected chi connectivity index (χ0v) is 17.2. The fraction of sp³-hybridized carbons (Fsp3) is 0.286. The molecule has 1 atom stereocenters.